The van der Waals surface area contributed by atoms with Crippen molar-refractivity contribution >= 4 is 28.1 Å². The van der Waals surface area contributed by atoms with Crippen molar-refractivity contribution in [2.24, 2.45) is 0 Å². The van der Waals surface area contributed by atoms with Gasteiger partial charge < -0.3 is 14.8 Å². The molecule has 1 saturated heterocycles. The molecule has 1 amide bonds. The molecule has 2 N–H and O–H groups in total. The summed E-state index contributed by atoms with van der Waals surface area (Å²) in [6.45, 7) is 3.37. The molecule has 0 spiro atoms. The van der Waals surface area contributed by atoms with E-state index < -0.39 is 0 Å². The summed E-state index contributed by atoms with van der Waals surface area (Å²) in [6.07, 6.45) is 4.28. The first-order valence-corrected chi connectivity index (χ1v) is 9.32. The Morgan fingerprint density at radius 2 is 2.07 bits per heavy atom. The van der Waals surface area contributed by atoms with Crippen LogP contribution in [0.4, 0.5) is 0 Å². The van der Waals surface area contributed by atoms with Crippen LogP contribution in [0.15, 0.2) is 30.6 Å². The largest absolute Gasteiger partial charge is 0.337 e. The number of nitrogens with one attached hydrogen (secondary N) is 2. The number of pyridine rings is 2. The lowest BCUT2D eigenvalue weighted by molar-refractivity contribution is 0.0762. The van der Waals surface area contributed by atoms with E-state index >= 15 is 0 Å². The number of amides is 1. The van der Waals surface area contributed by atoms with Crippen LogP contribution < -0.4 is 0 Å². The fourth-order valence-corrected chi connectivity index (χ4v) is 3.59. The van der Waals surface area contributed by atoms with Crippen LogP contribution in [0.5, 0.6) is 0 Å². The molecule has 0 aliphatic carbocycles. The van der Waals surface area contributed by atoms with Gasteiger partial charge in [-0.25, -0.2) is 15.0 Å². The van der Waals surface area contributed by atoms with Gasteiger partial charge in [0.2, 0.25) is 0 Å². The molecule has 28 heavy (non-hydrogen) atoms. The van der Waals surface area contributed by atoms with Gasteiger partial charge in [0.15, 0.2) is 17.1 Å². The Kier molecular flexibility index (Phi) is 4.01. The van der Waals surface area contributed by atoms with Crippen molar-refractivity contribution in [3.63, 3.8) is 0 Å². The first kappa shape index (κ1) is 16.8. The standard InChI is InChI=1S/C19H20N8O/c1-26-6-3-7-27(9-8-26)19(28)12-10-13-15(24-25-16(13)21-11-12)18-22-14-4-2-5-20-17(14)23-18/h2,4-5,10-11H,3,6-9H2,1H3,(H,20,22,23)(H,21,24,25). The lowest BCUT2D eigenvalue weighted by Crippen LogP contribution is -2.34. The number of carbonyl (C=O) groups excluding carboxylic acids is 1. The fourth-order valence-electron chi connectivity index (χ4n) is 3.59. The second-order valence-corrected chi connectivity index (χ2v) is 7.10. The van der Waals surface area contributed by atoms with Gasteiger partial charge in [-0.1, -0.05) is 0 Å². The van der Waals surface area contributed by atoms with E-state index in [0.717, 1.165) is 43.5 Å². The highest BCUT2D eigenvalue weighted by molar-refractivity contribution is 5.99. The van der Waals surface area contributed by atoms with Crippen molar-refractivity contribution in [1.82, 2.24) is 39.9 Å². The number of aromatic nitrogens is 6. The molecule has 4 aromatic heterocycles. The molecule has 0 atom stereocenters. The third-order valence-electron chi connectivity index (χ3n) is 5.16. The van der Waals surface area contributed by atoms with Crippen molar-refractivity contribution in [1.29, 1.82) is 0 Å². The van der Waals surface area contributed by atoms with Gasteiger partial charge >= 0.3 is 0 Å². The van der Waals surface area contributed by atoms with Gasteiger partial charge in [-0.15, -0.1) is 0 Å². The number of rotatable bonds is 2. The van der Waals surface area contributed by atoms with Crippen molar-refractivity contribution in [2.75, 3.05) is 33.2 Å². The van der Waals surface area contributed by atoms with Crippen LogP contribution in [-0.2, 0) is 0 Å². The fraction of sp³-hybridized carbons (Fsp3) is 0.316. The van der Waals surface area contributed by atoms with Crippen LogP contribution in [0.3, 0.4) is 0 Å². The van der Waals surface area contributed by atoms with Gasteiger partial charge in [-0.2, -0.15) is 5.10 Å². The lowest BCUT2D eigenvalue weighted by atomic mass is 10.1. The van der Waals surface area contributed by atoms with Crippen molar-refractivity contribution in [3.8, 4) is 11.5 Å². The SMILES string of the molecule is CN1CCCN(C(=O)c2cnc3n[nH]c(-c4nc5ncccc5[nH]4)c3c2)CC1. The summed E-state index contributed by atoms with van der Waals surface area (Å²) in [5.41, 5.74) is 3.29. The summed E-state index contributed by atoms with van der Waals surface area (Å²) in [7, 11) is 2.08. The minimum Gasteiger partial charge on any atom is -0.337 e. The maximum Gasteiger partial charge on any atom is 0.255 e. The van der Waals surface area contributed by atoms with Gasteiger partial charge in [0.05, 0.1) is 16.5 Å². The van der Waals surface area contributed by atoms with Gasteiger partial charge in [-0.3, -0.25) is 9.89 Å². The average Bonchev–Trinajstić information content (AvgIpc) is 3.26. The van der Waals surface area contributed by atoms with Gasteiger partial charge in [0.25, 0.3) is 5.91 Å². The summed E-state index contributed by atoms with van der Waals surface area (Å²) < 4.78 is 0. The molecule has 5 rings (SSSR count). The van der Waals surface area contributed by atoms with E-state index in [9.17, 15) is 4.79 Å². The highest BCUT2D eigenvalue weighted by atomic mass is 16.2. The zero-order valence-corrected chi connectivity index (χ0v) is 15.5. The predicted octanol–water partition coefficient (Wildman–Crippen LogP) is 1.67. The highest BCUT2D eigenvalue weighted by Gasteiger charge is 2.21. The topological polar surface area (TPSA) is 107 Å². The number of hydrogen-bond acceptors (Lipinski definition) is 6. The molecule has 0 radical (unpaired) electrons. The second-order valence-electron chi connectivity index (χ2n) is 7.10. The second kappa shape index (κ2) is 6.68. The lowest BCUT2D eigenvalue weighted by Gasteiger charge is -2.20. The molecular weight excluding hydrogens is 356 g/mol. The molecule has 0 bridgehead atoms. The first-order valence-electron chi connectivity index (χ1n) is 9.32. The van der Waals surface area contributed by atoms with E-state index in [0.29, 0.717) is 28.4 Å². The average molecular weight is 376 g/mol. The van der Waals surface area contributed by atoms with Crippen molar-refractivity contribution < 1.29 is 4.79 Å². The van der Waals surface area contributed by atoms with Crippen LogP contribution in [0.2, 0.25) is 0 Å². The van der Waals surface area contributed by atoms with Crippen LogP contribution in [0.25, 0.3) is 33.7 Å². The van der Waals surface area contributed by atoms with E-state index in [2.05, 4.69) is 42.1 Å². The summed E-state index contributed by atoms with van der Waals surface area (Å²) in [5, 5.41) is 8.00. The molecule has 9 heteroatoms. The monoisotopic (exact) mass is 376 g/mol. The zero-order chi connectivity index (χ0) is 19.1. The van der Waals surface area contributed by atoms with Crippen molar-refractivity contribution in [2.45, 2.75) is 6.42 Å². The Bertz CT molecular complexity index is 1130. The van der Waals surface area contributed by atoms with E-state index in [-0.39, 0.29) is 5.91 Å². The van der Waals surface area contributed by atoms with Gasteiger partial charge in [-0.05, 0) is 38.2 Å². The minimum atomic E-state index is 0.00289. The molecule has 0 saturated carbocycles. The molecule has 9 nitrogen and oxygen atoms in total. The summed E-state index contributed by atoms with van der Waals surface area (Å²) in [4.78, 5) is 33.6. The van der Waals surface area contributed by atoms with Crippen LogP contribution in [0.1, 0.15) is 16.8 Å². The smallest absolute Gasteiger partial charge is 0.255 e. The summed E-state index contributed by atoms with van der Waals surface area (Å²) in [5.74, 6) is 0.627. The molecule has 142 valence electrons. The van der Waals surface area contributed by atoms with E-state index in [1.165, 1.54) is 0 Å². The molecule has 4 aromatic rings. The van der Waals surface area contributed by atoms with Gasteiger partial charge in [0, 0.05) is 32.0 Å². The Morgan fingerprint density at radius 3 is 2.96 bits per heavy atom. The molecule has 5 heterocycles. The number of carbonyl (C=O) groups is 1. The third-order valence-corrected chi connectivity index (χ3v) is 5.16. The van der Waals surface area contributed by atoms with Crippen LogP contribution >= 0.6 is 0 Å². The quantitative estimate of drug-likeness (QED) is 0.551. The maximum atomic E-state index is 13.0. The number of hydrogen-bond donors (Lipinski definition) is 2. The molecule has 1 aliphatic heterocycles. The number of likely N-dealkylation sites (N-methyl/N-ethyl adjacent to an activating group) is 1. The molecule has 1 fully saturated rings. The minimum absolute atomic E-state index is 0.00289. The van der Waals surface area contributed by atoms with Crippen molar-refractivity contribution in [3.05, 3.63) is 36.2 Å². The molecule has 0 aromatic carbocycles. The normalized spacial score (nSPS) is 16.0. The van der Waals surface area contributed by atoms with E-state index in [4.69, 9.17) is 0 Å². The summed E-state index contributed by atoms with van der Waals surface area (Å²) >= 11 is 0. The maximum absolute atomic E-state index is 13.0. The van der Waals surface area contributed by atoms with Crippen LogP contribution in [0, 0.1) is 0 Å². The predicted molar refractivity (Wildman–Crippen MR) is 105 cm³/mol. The number of fused-ring (bicyclic) bond motifs is 2. The van der Waals surface area contributed by atoms with Gasteiger partial charge in [0.1, 0.15) is 5.69 Å². The van der Waals surface area contributed by atoms with Crippen LogP contribution in [-0.4, -0.2) is 79.1 Å². The Balaban J connectivity index is 1.52. The zero-order valence-electron chi connectivity index (χ0n) is 15.5. The molecule has 0 unspecified atom stereocenters. The highest BCUT2D eigenvalue weighted by Crippen LogP contribution is 2.25. The number of imidazole rings is 1. The van der Waals surface area contributed by atoms with E-state index in [1.807, 2.05) is 23.1 Å². The number of aromatic amines is 2. The third kappa shape index (κ3) is 2.89. The number of H-pyrrole nitrogens is 2. The first-order chi connectivity index (χ1) is 13.7. The number of nitrogens with zero attached hydrogens (tertiary/aromatic N) is 6. The molecular formula is C19H20N8O. The Morgan fingerprint density at radius 1 is 1.14 bits per heavy atom. The summed E-state index contributed by atoms with van der Waals surface area (Å²) in [6, 6.07) is 5.62. The Hall–Kier alpha value is -3.33. The molecule has 1 aliphatic rings. The Labute approximate surface area is 160 Å². The van der Waals surface area contributed by atoms with E-state index in [1.54, 1.807) is 12.4 Å².